The summed E-state index contributed by atoms with van der Waals surface area (Å²) in [7, 11) is 1.61. The number of nitrogens with one attached hydrogen (secondary N) is 1. The molecule has 5 rings (SSSR count). The van der Waals surface area contributed by atoms with Gasteiger partial charge in [-0.2, -0.15) is 4.98 Å². The van der Waals surface area contributed by atoms with Crippen LogP contribution in [-0.4, -0.2) is 40.1 Å². The average Bonchev–Trinajstić information content (AvgIpc) is 3.34. The minimum absolute atomic E-state index is 0.0126. The third-order valence-corrected chi connectivity index (χ3v) is 8.31. The van der Waals surface area contributed by atoms with E-state index in [1.165, 1.54) is 18.2 Å². The molecule has 0 radical (unpaired) electrons. The molecule has 1 aromatic heterocycles. The number of thioether (sulfide) groups is 1. The van der Waals surface area contributed by atoms with Gasteiger partial charge in [-0.15, -0.1) is 5.10 Å². The Kier molecular flexibility index (Phi) is 8.90. The highest BCUT2D eigenvalue weighted by atomic mass is 35.5. The Labute approximate surface area is 244 Å². The van der Waals surface area contributed by atoms with Crippen LogP contribution in [0.4, 0.5) is 5.95 Å². The van der Waals surface area contributed by atoms with Gasteiger partial charge in [0.15, 0.2) is 11.5 Å². The first-order valence-electron chi connectivity index (χ1n) is 13.7. The van der Waals surface area contributed by atoms with Crippen molar-refractivity contribution in [1.82, 2.24) is 14.8 Å². The fourth-order valence-electron chi connectivity index (χ4n) is 5.13. The quantitative estimate of drug-likeness (QED) is 0.210. The van der Waals surface area contributed by atoms with Gasteiger partial charge in [0.05, 0.1) is 18.8 Å². The molecule has 3 aromatic rings. The van der Waals surface area contributed by atoms with Crippen LogP contribution in [0.5, 0.6) is 11.5 Å². The lowest BCUT2D eigenvalue weighted by Crippen LogP contribution is -2.32. The molecule has 0 bridgehead atoms. The van der Waals surface area contributed by atoms with Crippen molar-refractivity contribution < 1.29 is 19.0 Å². The van der Waals surface area contributed by atoms with E-state index in [9.17, 15) is 4.79 Å². The molecule has 1 fully saturated rings. The third kappa shape index (κ3) is 6.25. The van der Waals surface area contributed by atoms with Crippen LogP contribution in [0.15, 0.2) is 58.9 Å². The number of anilines is 1. The number of carbonyl (C=O) groups is 1. The van der Waals surface area contributed by atoms with Crippen LogP contribution in [0.3, 0.4) is 0 Å². The highest BCUT2D eigenvalue weighted by molar-refractivity contribution is 7.98. The minimum atomic E-state index is -0.559. The van der Waals surface area contributed by atoms with E-state index >= 15 is 0 Å². The van der Waals surface area contributed by atoms with Gasteiger partial charge in [0.25, 0.3) is 0 Å². The molecule has 2 aliphatic rings. The second kappa shape index (κ2) is 12.6. The highest BCUT2D eigenvalue weighted by Crippen LogP contribution is 2.41. The Hall–Kier alpha value is -3.17. The van der Waals surface area contributed by atoms with Gasteiger partial charge < -0.3 is 19.5 Å². The monoisotopic (exact) mass is 582 g/mol. The summed E-state index contributed by atoms with van der Waals surface area (Å²) < 4.78 is 19.4. The average molecular weight is 583 g/mol. The first kappa shape index (κ1) is 28.4. The molecule has 1 N–H and O–H groups in total. The predicted molar refractivity (Wildman–Crippen MR) is 157 cm³/mol. The van der Waals surface area contributed by atoms with Crippen LogP contribution in [0.25, 0.3) is 0 Å². The summed E-state index contributed by atoms with van der Waals surface area (Å²) in [4.78, 5) is 18.5. The summed E-state index contributed by atoms with van der Waals surface area (Å²) in [5, 5.41) is 9.42. The first-order chi connectivity index (χ1) is 19.3. The molecule has 212 valence electrons. The molecule has 40 heavy (non-hydrogen) atoms. The molecule has 1 aliphatic carbocycles. The largest absolute Gasteiger partial charge is 0.493 e. The van der Waals surface area contributed by atoms with Crippen LogP contribution < -0.4 is 14.8 Å². The van der Waals surface area contributed by atoms with Gasteiger partial charge in [-0.05, 0) is 75.8 Å². The van der Waals surface area contributed by atoms with Gasteiger partial charge in [-0.25, -0.2) is 9.48 Å². The van der Waals surface area contributed by atoms with E-state index in [1.807, 2.05) is 63.2 Å². The van der Waals surface area contributed by atoms with Crippen LogP contribution >= 0.6 is 23.4 Å². The molecular formula is C30H35ClN4O4S. The normalized spacial score (nSPS) is 17.4. The first-order valence-corrected chi connectivity index (χ1v) is 15.1. The number of ether oxygens (including phenoxy) is 3. The van der Waals surface area contributed by atoms with Crippen molar-refractivity contribution >= 4 is 35.3 Å². The Balaban J connectivity index is 1.51. The van der Waals surface area contributed by atoms with Crippen molar-refractivity contribution in [3.63, 3.8) is 0 Å². The van der Waals surface area contributed by atoms with E-state index in [4.69, 9.17) is 35.9 Å². The minimum Gasteiger partial charge on any atom is -0.493 e. The number of methoxy groups -OCH3 is 1. The molecular weight excluding hydrogens is 548 g/mol. The van der Waals surface area contributed by atoms with Crippen molar-refractivity contribution in [3.8, 4) is 11.5 Å². The number of fused-ring (bicyclic) bond motifs is 1. The topological polar surface area (TPSA) is 87.5 Å². The summed E-state index contributed by atoms with van der Waals surface area (Å²) in [6.45, 7) is 5.82. The maximum atomic E-state index is 13.7. The highest BCUT2D eigenvalue weighted by Gasteiger charge is 2.37. The molecule has 10 heteroatoms. The third-order valence-electron chi connectivity index (χ3n) is 7.06. The number of hydrogen-bond acceptors (Lipinski definition) is 8. The number of nitrogens with zero attached hydrogens (tertiary/aromatic N) is 3. The van der Waals surface area contributed by atoms with Gasteiger partial charge >= 0.3 is 5.97 Å². The Morgan fingerprint density at radius 2 is 1.93 bits per heavy atom. The predicted octanol–water partition coefficient (Wildman–Crippen LogP) is 7.18. The van der Waals surface area contributed by atoms with E-state index in [0.29, 0.717) is 44.6 Å². The molecule has 1 aliphatic heterocycles. The second-order valence-corrected chi connectivity index (χ2v) is 11.7. The number of halogens is 1. The Morgan fingerprint density at radius 1 is 1.15 bits per heavy atom. The SMILES string of the molecule is COc1cc(C2C(C(=O)OC3CCCCC3)=C(C)Nc3nc(SCc4ccccc4Cl)nn32)ccc1OC(C)C. The molecule has 8 nitrogen and oxygen atoms in total. The number of allylic oxidation sites excluding steroid dienone is 1. The fourth-order valence-corrected chi connectivity index (χ4v) is 6.24. The number of rotatable bonds is 9. The van der Waals surface area contributed by atoms with Crippen molar-refractivity contribution in [2.45, 2.75) is 82.0 Å². The summed E-state index contributed by atoms with van der Waals surface area (Å²) in [5.41, 5.74) is 3.02. The van der Waals surface area contributed by atoms with Crippen LogP contribution in [0, 0.1) is 0 Å². The maximum absolute atomic E-state index is 13.7. The van der Waals surface area contributed by atoms with Crippen LogP contribution in [-0.2, 0) is 15.3 Å². The molecule has 1 unspecified atom stereocenters. The number of benzene rings is 2. The zero-order valence-corrected chi connectivity index (χ0v) is 24.8. The summed E-state index contributed by atoms with van der Waals surface area (Å²) in [6, 6.07) is 12.9. The van der Waals surface area contributed by atoms with E-state index in [0.717, 1.165) is 36.8 Å². The van der Waals surface area contributed by atoms with Gasteiger partial charge in [0.1, 0.15) is 12.1 Å². The molecule has 0 saturated heterocycles. The van der Waals surface area contributed by atoms with Gasteiger partial charge in [-0.1, -0.05) is 54.0 Å². The molecule has 0 amide bonds. The standard InChI is InChI=1S/C30H35ClN4O4S/c1-18(2)38-24-15-14-20(16-25(24)37-4)27-26(28(36)39-22-11-6-5-7-12-22)19(3)32-29-33-30(34-35(27)29)40-17-21-10-8-9-13-23(21)31/h8-10,13-16,18,22,27H,5-7,11-12,17H2,1-4H3,(H,32,33,34). The smallest absolute Gasteiger partial charge is 0.338 e. The maximum Gasteiger partial charge on any atom is 0.338 e. The molecule has 2 heterocycles. The zero-order valence-electron chi connectivity index (χ0n) is 23.3. The number of hydrogen-bond donors (Lipinski definition) is 1. The fraction of sp³-hybridized carbons (Fsp3) is 0.433. The van der Waals surface area contributed by atoms with Gasteiger partial charge in [-0.3, -0.25) is 0 Å². The lowest BCUT2D eigenvalue weighted by Gasteiger charge is -2.30. The second-order valence-electron chi connectivity index (χ2n) is 10.4. The lowest BCUT2D eigenvalue weighted by molar-refractivity contribution is -0.146. The van der Waals surface area contributed by atoms with E-state index in [-0.39, 0.29) is 18.2 Å². The molecule has 0 spiro atoms. The van der Waals surface area contributed by atoms with Gasteiger partial charge in [0, 0.05) is 16.5 Å². The van der Waals surface area contributed by atoms with Crippen molar-refractivity contribution in [2.75, 3.05) is 12.4 Å². The lowest BCUT2D eigenvalue weighted by atomic mass is 9.94. The molecule has 1 saturated carbocycles. The van der Waals surface area contributed by atoms with Crippen LogP contribution in [0.1, 0.15) is 70.0 Å². The zero-order chi connectivity index (χ0) is 28.2. The number of carbonyl (C=O) groups excluding carboxylic acids is 1. The van der Waals surface area contributed by atoms with Crippen molar-refractivity contribution in [3.05, 3.63) is 69.9 Å². The number of aromatic nitrogens is 3. The Bertz CT molecular complexity index is 1400. The van der Waals surface area contributed by atoms with Crippen molar-refractivity contribution in [2.24, 2.45) is 0 Å². The summed E-state index contributed by atoms with van der Waals surface area (Å²) >= 11 is 7.86. The molecule has 1 atom stereocenters. The molecule has 2 aromatic carbocycles. The van der Waals surface area contributed by atoms with Crippen molar-refractivity contribution in [1.29, 1.82) is 0 Å². The van der Waals surface area contributed by atoms with Gasteiger partial charge in [0.2, 0.25) is 11.1 Å². The summed E-state index contributed by atoms with van der Waals surface area (Å²) in [5.74, 6) is 2.05. The van der Waals surface area contributed by atoms with E-state index < -0.39 is 6.04 Å². The number of esters is 1. The van der Waals surface area contributed by atoms with Crippen LogP contribution in [0.2, 0.25) is 5.02 Å². The Morgan fingerprint density at radius 3 is 2.65 bits per heavy atom. The van der Waals surface area contributed by atoms with E-state index in [1.54, 1.807) is 11.8 Å². The summed E-state index contributed by atoms with van der Waals surface area (Å²) in [6.07, 6.45) is 5.03. The van der Waals surface area contributed by atoms with E-state index in [2.05, 4.69) is 5.32 Å².